The van der Waals surface area contributed by atoms with E-state index in [2.05, 4.69) is 18.7 Å². The molecule has 1 aliphatic heterocycles. The van der Waals surface area contributed by atoms with Gasteiger partial charge in [-0.25, -0.2) is 13.2 Å². The van der Waals surface area contributed by atoms with Crippen LogP contribution >= 0.6 is 11.8 Å². The minimum Gasteiger partial charge on any atom is -0.326 e. The van der Waals surface area contributed by atoms with E-state index in [9.17, 15) is 18.0 Å². The quantitative estimate of drug-likeness (QED) is 0.707. The van der Waals surface area contributed by atoms with Gasteiger partial charge in [0.1, 0.15) is 5.37 Å². The lowest BCUT2D eigenvalue weighted by atomic mass is 10.1. The lowest BCUT2D eigenvalue weighted by Gasteiger charge is -2.26. The topological polar surface area (TPSA) is 23.6 Å². The summed E-state index contributed by atoms with van der Waals surface area (Å²) < 4.78 is 40.5. The van der Waals surface area contributed by atoms with E-state index in [0.717, 1.165) is 32.1 Å². The van der Waals surface area contributed by atoms with Gasteiger partial charge in [-0.1, -0.05) is 19.9 Å². The minimum atomic E-state index is -1.48. The fourth-order valence-corrected chi connectivity index (χ4v) is 3.92. The Morgan fingerprint density at radius 1 is 1.22 bits per heavy atom. The van der Waals surface area contributed by atoms with E-state index in [-0.39, 0.29) is 17.2 Å². The number of amides is 1. The van der Waals surface area contributed by atoms with Crippen molar-refractivity contribution in [1.82, 2.24) is 9.80 Å². The largest absolute Gasteiger partial charge is 0.326 e. The van der Waals surface area contributed by atoms with Crippen LogP contribution in [0.4, 0.5) is 13.2 Å². The Balaban J connectivity index is 2.09. The first-order chi connectivity index (χ1) is 11.0. The van der Waals surface area contributed by atoms with E-state index in [1.165, 1.54) is 17.8 Å². The molecule has 1 aliphatic rings. The molecule has 0 aromatic heterocycles. The molecule has 1 aromatic carbocycles. The highest BCUT2D eigenvalue weighted by molar-refractivity contribution is 8.00. The SMILES string of the molecule is CCN(CC)CCCN1C(=O)CSC1c1ccc(F)c(F)c1F. The van der Waals surface area contributed by atoms with Crippen LogP contribution in [0.25, 0.3) is 0 Å². The highest BCUT2D eigenvalue weighted by Gasteiger charge is 2.35. The van der Waals surface area contributed by atoms with Crippen molar-refractivity contribution < 1.29 is 18.0 Å². The molecule has 1 heterocycles. The van der Waals surface area contributed by atoms with Gasteiger partial charge in [-0.15, -0.1) is 11.8 Å². The maximum absolute atomic E-state index is 14.0. The van der Waals surface area contributed by atoms with Crippen LogP contribution < -0.4 is 0 Å². The van der Waals surface area contributed by atoms with E-state index in [1.807, 2.05) is 0 Å². The molecule has 3 nitrogen and oxygen atoms in total. The van der Waals surface area contributed by atoms with E-state index < -0.39 is 22.8 Å². The van der Waals surface area contributed by atoms with Crippen molar-refractivity contribution in [3.05, 3.63) is 35.1 Å². The molecule has 1 saturated heterocycles. The summed E-state index contributed by atoms with van der Waals surface area (Å²) in [5.41, 5.74) is 0.0302. The van der Waals surface area contributed by atoms with Crippen molar-refractivity contribution in [3.8, 4) is 0 Å². The fraction of sp³-hybridized carbons (Fsp3) is 0.562. The Kier molecular flexibility index (Phi) is 6.35. The highest BCUT2D eigenvalue weighted by Crippen LogP contribution is 2.40. The summed E-state index contributed by atoms with van der Waals surface area (Å²) in [5, 5.41) is -0.589. The summed E-state index contributed by atoms with van der Waals surface area (Å²) in [4.78, 5) is 15.8. The number of halogens is 3. The zero-order chi connectivity index (χ0) is 17.0. The molecule has 128 valence electrons. The second-order valence-electron chi connectivity index (χ2n) is 5.40. The zero-order valence-electron chi connectivity index (χ0n) is 13.3. The van der Waals surface area contributed by atoms with Gasteiger partial charge >= 0.3 is 0 Å². The Labute approximate surface area is 138 Å². The first-order valence-electron chi connectivity index (χ1n) is 7.76. The zero-order valence-corrected chi connectivity index (χ0v) is 14.1. The smallest absolute Gasteiger partial charge is 0.233 e. The van der Waals surface area contributed by atoms with Gasteiger partial charge in [0.15, 0.2) is 17.5 Å². The van der Waals surface area contributed by atoms with Crippen molar-refractivity contribution in [1.29, 1.82) is 0 Å². The Morgan fingerprint density at radius 2 is 1.91 bits per heavy atom. The number of benzene rings is 1. The fourth-order valence-electron chi connectivity index (χ4n) is 2.69. The minimum absolute atomic E-state index is 0.0302. The summed E-state index contributed by atoms with van der Waals surface area (Å²) in [5.74, 6) is -3.76. The van der Waals surface area contributed by atoms with Crippen molar-refractivity contribution in [3.63, 3.8) is 0 Å². The molecule has 0 bridgehead atoms. The van der Waals surface area contributed by atoms with Crippen LogP contribution in [0.5, 0.6) is 0 Å². The molecule has 1 atom stereocenters. The number of carbonyl (C=O) groups is 1. The van der Waals surface area contributed by atoms with Gasteiger partial charge in [0, 0.05) is 12.1 Å². The van der Waals surface area contributed by atoms with Crippen LogP contribution in [0.1, 0.15) is 31.2 Å². The monoisotopic (exact) mass is 346 g/mol. The molecule has 0 aliphatic carbocycles. The summed E-state index contributed by atoms with van der Waals surface area (Å²) in [6.45, 7) is 7.32. The van der Waals surface area contributed by atoms with Crippen LogP contribution in [-0.4, -0.2) is 47.6 Å². The average Bonchev–Trinajstić information content (AvgIpc) is 2.90. The molecule has 23 heavy (non-hydrogen) atoms. The average molecular weight is 346 g/mol. The standard InChI is InChI=1S/C16H21F3N2OS/c1-3-20(4-2)8-5-9-21-13(22)10-23-16(21)11-6-7-12(17)15(19)14(11)18/h6-7,16H,3-5,8-10H2,1-2H3. The van der Waals surface area contributed by atoms with E-state index in [4.69, 9.17) is 0 Å². The normalized spacial score (nSPS) is 18.3. The molecule has 0 N–H and O–H groups in total. The Hall–Kier alpha value is -1.21. The summed E-state index contributed by atoms with van der Waals surface area (Å²) in [6.07, 6.45) is 0.760. The first-order valence-corrected chi connectivity index (χ1v) is 8.81. The third-order valence-corrected chi connectivity index (χ3v) is 5.30. The molecule has 0 radical (unpaired) electrons. The Bertz CT molecular complexity index is 567. The first kappa shape index (κ1) is 18.1. The van der Waals surface area contributed by atoms with Crippen LogP contribution in [0.3, 0.4) is 0 Å². The van der Waals surface area contributed by atoms with Gasteiger partial charge < -0.3 is 9.80 Å². The number of hydrogen-bond donors (Lipinski definition) is 0. The number of rotatable bonds is 7. The molecule has 1 fully saturated rings. The van der Waals surface area contributed by atoms with Gasteiger partial charge in [-0.2, -0.15) is 0 Å². The van der Waals surface area contributed by atoms with Crippen LogP contribution in [0, 0.1) is 17.5 Å². The van der Waals surface area contributed by atoms with E-state index in [0.29, 0.717) is 6.54 Å². The second-order valence-corrected chi connectivity index (χ2v) is 6.46. The van der Waals surface area contributed by atoms with Gasteiger partial charge in [-0.3, -0.25) is 4.79 Å². The number of carbonyl (C=O) groups excluding carboxylic acids is 1. The maximum Gasteiger partial charge on any atom is 0.233 e. The van der Waals surface area contributed by atoms with Crippen LogP contribution in [0.2, 0.25) is 0 Å². The molecule has 0 saturated carbocycles. The molecule has 1 amide bonds. The van der Waals surface area contributed by atoms with Gasteiger partial charge in [0.05, 0.1) is 5.75 Å². The third kappa shape index (κ3) is 4.01. The van der Waals surface area contributed by atoms with Crippen LogP contribution in [-0.2, 0) is 4.79 Å². The predicted molar refractivity (Wildman–Crippen MR) is 85.6 cm³/mol. The second kappa shape index (κ2) is 8.06. The van der Waals surface area contributed by atoms with Gasteiger partial charge in [0.25, 0.3) is 0 Å². The molecule has 7 heteroatoms. The molecular weight excluding hydrogens is 325 g/mol. The van der Waals surface area contributed by atoms with E-state index >= 15 is 0 Å². The van der Waals surface area contributed by atoms with Gasteiger partial charge in [0.2, 0.25) is 5.91 Å². The van der Waals surface area contributed by atoms with Gasteiger partial charge in [-0.05, 0) is 32.1 Å². The molecule has 0 spiro atoms. The lowest BCUT2D eigenvalue weighted by molar-refractivity contribution is -0.128. The summed E-state index contributed by atoms with van der Waals surface area (Å²) in [6, 6.07) is 2.13. The molecule has 1 unspecified atom stereocenters. The molecular formula is C16H21F3N2OS. The third-order valence-electron chi connectivity index (χ3n) is 4.07. The lowest BCUT2D eigenvalue weighted by Crippen LogP contribution is -2.33. The summed E-state index contributed by atoms with van der Waals surface area (Å²) in [7, 11) is 0. The maximum atomic E-state index is 14.0. The highest BCUT2D eigenvalue weighted by atomic mass is 32.2. The van der Waals surface area contributed by atoms with Crippen molar-refractivity contribution >= 4 is 17.7 Å². The molecule has 2 rings (SSSR count). The van der Waals surface area contributed by atoms with Crippen molar-refractivity contribution in [2.45, 2.75) is 25.6 Å². The van der Waals surface area contributed by atoms with Crippen molar-refractivity contribution in [2.24, 2.45) is 0 Å². The van der Waals surface area contributed by atoms with Crippen LogP contribution in [0.15, 0.2) is 12.1 Å². The van der Waals surface area contributed by atoms with E-state index in [1.54, 1.807) is 4.90 Å². The summed E-state index contributed by atoms with van der Waals surface area (Å²) >= 11 is 1.24. The Morgan fingerprint density at radius 3 is 2.57 bits per heavy atom. The number of nitrogens with zero attached hydrogens (tertiary/aromatic N) is 2. The number of thioether (sulfide) groups is 1. The predicted octanol–water partition coefficient (Wildman–Crippen LogP) is 3.41. The molecule has 1 aromatic rings. The number of hydrogen-bond acceptors (Lipinski definition) is 3. The van der Waals surface area contributed by atoms with Crippen molar-refractivity contribution in [2.75, 3.05) is 31.9 Å².